The van der Waals surface area contributed by atoms with Crippen molar-refractivity contribution in [1.82, 2.24) is 14.9 Å². The summed E-state index contributed by atoms with van der Waals surface area (Å²) in [4.78, 5) is 40.1. The number of benzene rings is 3. The molecule has 6 aliphatic heterocycles. The van der Waals surface area contributed by atoms with Gasteiger partial charge in [0.2, 0.25) is 15.7 Å². The number of halogens is 1. The highest BCUT2D eigenvalue weighted by molar-refractivity contribution is 7.91. The number of nitro groups is 1. The number of rotatable bonds is 11. The Hall–Kier alpha value is -6.26. The van der Waals surface area contributed by atoms with Crippen molar-refractivity contribution in [1.29, 1.82) is 0 Å². The molecule has 75 heavy (non-hydrogen) atoms. The Kier molecular flexibility index (Phi) is 12.8. The lowest BCUT2D eigenvalue weighted by Gasteiger charge is -2.56. The number of nitrogens with two attached hydrogens (primary N) is 1. The maximum Gasteiger partial charge on any atom is 0.297 e. The van der Waals surface area contributed by atoms with E-state index in [4.69, 9.17) is 39.1 Å². The fourth-order valence-electron chi connectivity index (χ4n) is 12.8. The van der Waals surface area contributed by atoms with Crippen molar-refractivity contribution in [2.75, 3.05) is 81.0 Å². The van der Waals surface area contributed by atoms with Gasteiger partial charge in [0, 0.05) is 94.2 Å². The topological polar surface area (TPSA) is 226 Å². The number of carbonyl (C=O) groups excluding carboxylic acids is 1. The molecule has 3 aromatic carbocycles. The Morgan fingerprint density at radius 2 is 1.73 bits per heavy atom. The van der Waals surface area contributed by atoms with Gasteiger partial charge < -0.3 is 54.3 Å². The number of hydrogen-bond acceptors (Lipinski definition) is 16. The summed E-state index contributed by atoms with van der Waals surface area (Å²) in [5.41, 5.74) is 6.12. The van der Waals surface area contributed by atoms with E-state index in [9.17, 15) is 14.9 Å². The second kappa shape index (κ2) is 19.4. The minimum absolute atomic E-state index is 0.00191. The molecule has 1 saturated carbocycles. The van der Waals surface area contributed by atoms with E-state index in [2.05, 4.69) is 32.2 Å². The summed E-state index contributed by atoms with van der Waals surface area (Å²) in [6.07, 6.45) is 6.01. The van der Waals surface area contributed by atoms with Crippen molar-refractivity contribution in [2.24, 2.45) is 11.1 Å². The number of alkyl halides is 1. The molecule has 1 spiro atoms. The molecule has 1 amide bonds. The third-order valence-corrected chi connectivity index (χ3v) is 18.5. The molecule has 4 saturated heterocycles. The van der Waals surface area contributed by atoms with Crippen LogP contribution in [0.15, 0.2) is 76.7 Å². The Morgan fingerprint density at radius 1 is 0.947 bits per heavy atom. The van der Waals surface area contributed by atoms with Crippen LogP contribution in [-0.4, -0.2) is 136 Å². The summed E-state index contributed by atoms with van der Waals surface area (Å²) < 4.78 is 85.2. The number of H-pyrrole nitrogens is 1. The number of carbonyl (C=O) groups is 1. The highest BCUT2D eigenvalue weighted by Gasteiger charge is 2.52. The number of sulfone groups is 1. The number of hydrogen-bond donors (Lipinski definition) is 3. The number of amides is 1. The predicted octanol–water partition coefficient (Wildman–Crippen LogP) is 7.78. The average molecular weight is 1050 g/mol. The van der Waals surface area contributed by atoms with Gasteiger partial charge in [0.25, 0.3) is 11.6 Å². The highest BCUT2D eigenvalue weighted by atomic mass is 32.2. The second-order valence-corrected chi connectivity index (χ2v) is 23.4. The molecule has 5 aromatic rings. The first-order chi connectivity index (χ1) is 36.2. The predicted molar refractivity (Wildman–Crippen MR) is 276 cm³/mol. The van der Waals surface area contributed by atoms with E-state index in [0.29, 0.717) is 67.8 Å². The maximum absolute atomic E-state index is 16.4. The van der Waals surface area contributed by atoms with Crippen molar-refractivity contribution in [3.63, 3.8) is 0 Å². The average Bonchev–Trinajstić information content (AvgIpc) is 3.72. The van der Waals surface area contributed by atoms with Gasteiger partial charge in [-0.3, -0.25) is 19.8 Å². The van der Waals surface area contributed by atoms with E-state index in [1.807, 2.05) is 43.0 Å². The summed E-state index contributed by atoms with van der Waals surface area (Å²) in [5.74, 6) is 0.0750. The quantitative estimate of drug-likeness (QED) is 0.0848. The number of pyridine rings is 1. The molecule has 21 heteroatoms. The Balaban J connectivity index is 0.942. The summed E-state index contributed by atoms with van der Waals surface area (Å²) in [6, 6.07) is 16.2. The third kappa shape index (κ3) is 8.86. The van der Waals surface area contributed by atoms with Crippen LogP contribution in [0.1, 0.15) is 87.2 Å². The molecule has 4 N–H and O–H groups in total. The van der Waals surface area contributed by atoms with Gasteiger partial charge in [0.15, 0.2) is 11.4 Å². The van der Waals surface area contributed by atoms with Crippen LogP contribution < -0.4 is 35.1 Å². The number of ether oxygens (including phenoxy) is 6. The first kappa shape index (κ1) is 49.6. The molecule has 0 radical (unpaired) electrons. The number of aromatic amines is 1. The van der Waals surface area contributed by atoms with E-state index in [-0.39, 0.29) is 90.3 Å². The summed E-state index contributed by atoms with van der Waals surface area (Å²) in [6.45, 7) is 7.82. The van der Waals surface area contributed by atoms with Crippen LogP contribution in [-0.2, 0) is 24.0 Å². The number of nitrogens with one attached hydrogen (secondary N) is 2. The smallest absolute Gasteiger partial charge is 0.297 e. The van der Waals surface area contributed by atoms with Gasteiger partial charge in [-0.15, -0.1) is 0 Å². The number of para-hydroxylation sites is 1. The molecule has 12 rings (SSSR count). The highest BCUT2D eigenvalue weighted by Crippen LogP contribution is 2.56. The molecule has 398 valence electrons. The number of aromatic nitrogens is 2. The number of piperidine rings is 1. The normalized spacial score (nSPS) is 24.7. The molecule has 0 unspecified atom stereocenters. The molecular formula is C54H63FN8O11S. The molecular weight excluding hydrogens is 988 g/mol. The van der Waals surface area contributed by atoms with E-state index in [0.717, 1.165) is 56.0 Å². The van der Waals surface area contributed by atoms with Crippen molar-refractivity contribution in [3.8, 4) is 17.4 Å². The monoisotopic (exact) mass is 1050 g/mol. The van der Waals surface area contributed by atoms with Gasteiger partial charge in [-0.25, -0.2) is 12.8 Å². The fourth-order valence-corrected chi connectivity index (χ4v) is 14.5. The van der Waals surface area contributed by atoms with E-state index in [1.165, 1.54) is 6.07 Å². The molecule has 19 nitrogen and oxygen atoms in total. The lowest BCUT2D eigenvalue weighted by atomic mass is 9.59. The molecule has 7 aliphatic rings. The summed E-state index contributed by atoms with van der Waals surface area (Å²) in [7, 11) is -4.87. The van der Waals surface area contributed by atoms with E-state index >= 15 is 12.8 Å². The van der Waals surface area contributed by atoms with E-state index < -0.39 is 55.1 Å². The van der Waals surface area contributed by atoms with Crippen LogP contribution in [0.3, 0.4) is 0 Å². The van der Waals surface area contributed by atoms with Gasteiger partial charge in [-0.2, -0.15) is 4.98 Å². The van der Waals surface area contributed by atoms with Crippen LogP contribution in [0.5, 0.6) is 17.4 Å². The van der Waals surface area contributed by atoms with Crippen LogP contribution in [0.25, 0.3) is 11.0 Å². The van der Waals surface area contributed by atoms with E-state index in [1.54, 1.807) is 18.3 Å². The third-order valence-electron chi connectivity index (χ3n) is 16.7. The number of anilines is 4. The lowest BCUT2D eigenvalue weighted by Crippen LogP contribution is -2.56. The second-order valence-electron chi connectivity index (χ2n) is 21.5. The van der Waals surface area contributed by atoms with Gasteiger partial charge in [0.1, 0.15) is 40.4 Å². The van der Waals surface area contributed by atoms with Crippen molar-refractivity contribution in [3.05, 3.63) is 88.1 Å². The zero-order chi connectivity index (χ0) is 51.8. The molecule has 4 atom stereocenters. The maximum atomic E-state index is 16.4. The first-order valence-electron chi connectivity index (χ1n) is 26.3. The van der Waals surface area contributed by atoms with Crippen LogP contribution >= 0.6 is 0 Å². The van der Waals surface area contributed by atoms with Crippen LogP contribution in [0.4, 0.5) is 32.8 Å². The Morgan fingerprint density at radius 3 is 2.51 bits per heavy atom. The van der Waals surface area contributed by atoms with Crippen LogP contribution in [0, 0.1) is 15.5 Å². The van der Waals surface area contributed by atoms with Crippen molar-refractivity contribution >= 4 is 55.2 Å². The zero-order valence-electron chi connectivity index (χ0n) is 42.1. The summed E-state index contributed by atoms with van der Waals surface area (Å²) >= 11 is 0. The number of nitrogens with zero attached hydrogens (tertiary/aromatic N) is 5. The molecule has 8 heterocycles. The summed E-state index contributed by atoms with van der Waals surface area (Å²) in [5, 5.41) is 16.8. The first-order valence-corrected chi connectivity index (χ1v) is 27.7. The van der Waals surface area contributed by atoms with Crippen molar-refractivity contribution in [2.45, 2.75) is 117 Å². The Bertz CT molecular complexity index is 3130. The molecule has 2 aromatic heterocycles. The van der Waals surface area contributed by atoms with Gasteiger partial charge in [-0.05, 0) is 88.1 Å². The Labute approximate surface area is 434 Å². The zero-order valence-corrected chi connectivity index (χ0v) is 42.9. The minimum Gasteiger partial charge on any atom is -0.491 e. The van der Waals surface area contributed by atoms with Crippen molar-refractivity contribution < 1.29 is 50.9 Å². The lowest BCUT2D eigenvalue weighted by molar-refractivity contribution is -0.384. The standard InChI is InChI=1S/C54H63FN8O11S/c1-32(2)73-43-7-4-3-6-36(43)42-29-70-20-5-17-61(42)34-27-53(28-34)12-18-60(19-13-53)39-9-8-37(50(56)64)48(62-38-11-21-71-30-45(38)74-52-41(62)24-33-10-16-57-51(33)59-52)49(39)75(67,68)35-25-40(63(65)66)47-44(26-35)72-31-46(58-47)54(55)14-22-69-23-15-54/h3-4,6-10,16,24-26,32,34,38,42,45-46,58H,5,11-15,17-23,27-31H2,1-2H3,(H2,56,64)(H,57,59)/t38-,42-,45-,46+/m0/s1. The van der Waals surface area contributed by atoms with Gasteiger partial charge in [0.05, 0.1) is 64.2 Å². The number of nitro benzene ring substituents is 1. The van der Waals surface area contributed by atoms with Crippen LogP contribution in [0.2, 0.25) is 0 Å². The molecule has 0 bridgehead atoms. The largest absolute Gasteiger partial charge is 0.491 e. The SMILES string of the molecule is CC(C)Oc1ccccc1[C@@H]1COCCCN1C1CC2(CCN(c3ccc(C(N)=O)c(N4c5cc6cc[nH]c6nc5O[C@H]5COCC[C@@H]54)c3S(=O)(=O)c3cc4c(c([N+](=O)[O-])c3)N[C@@H](C3(F)CCOCC3)CO4)CC2)C1. The number of fused-ring (bicyclic) bond motifs is 4. The van der Waals surface area contributed by atoms with Gasteiger partial charge in [-0.1, -0.05) is 18.2 Å². The number of primary amides is 1. The molecule has 1 aliphatic carbocycles. The van der Waals surface area contributed by atoms with Gasteiger partial charge >= 0.3 is 0 Å². The minimum atomic E-state index is -4.87. The fraction of sp³-hybridized carbons (Fsp3) is 0.519. The molecule has 5 fully saturated rings.